The number of benzene rings is 1. The largest absolute Gasteiger partial charge is 0.481 e. The molecule has 19 heavy (non-hydrogen) atoms. The molecule has 0 saturated heterocycles. The quantitative estimate of drug-likeness (QED) is 0.901. The molecule has 2 rings (SSSR count). The fraction of sp³-hybridized carbons (Fsp3) is 0.312. The molecule has 1 unspecified atom stereocenters. The van der Waals surface area contributed by atoms with E-state index in [0.29, 0.717) is 5.88 Å². The van der Waals surface area contributed by atoms with Crippen LogP contribution in [0.1, 0.15) is 29.7 Å². The Morgan fingerprint density at radius 2 is 1.95 bits per heavy atom. The third-order valence-electron chi connectivity index (χ3n) is 3.22. The van der Waals surface area contributed by atoms with Crippen molar-refractivity contribution in [3.8, 4) is 5.88 Å². The van der Waals surface area contributed by atoms with E-state index in [0.717, 1.165) is 5.69 Å². The fourth-order valence-corrected chi connectivity index (χ4v) is 2.23. The molecule has 0 bridgehead atoms. The number of pyridine rings is 1. The molecule has 1 atom stereocenters. The summed E-state index contributed by atoms with van der Waals surface area (Å²) in [6.45, 7) is 6.41. The van der Waals surface area contributed by atoms with E-state index in [4.69, 9.17) is 4.74 Å². The smallest absolute Gasteiger partial charge is 0.213 e. The van der Waals surface area contributed by atoms with E-state index in [1.807, 2.05) is 12.1 Å². The van der Waals surface area contributed by atoms with Gasteiger partial charge in [0, 0.05) is 12.1 Å². The number of rotatable bonds is 4. The number of anilines is 1. The molecular weight excluding hydrogens is 236 g/mol. The lowest BCUT2D eigenvalue weighted by Crippen LogP contribution is -2.08. The molecule has 0 aliphatic rings. The molecule has 0 aliphatic heterocycles. The van der Waals surface area contributed by atoms with Crippen LogP contribution in [0.2, 0.25) is 0 Å². The predicted molar refractivity (Wildman–Crippen MR) is 78.7 cm³/mol. The first-order chi connectivity index (χ1) is 9.10. The summed E-state index contributed by atoms with van der Waals surface area (Å²) in [6, 6.07) is 10.6. The Labute approximate surface area is 114 Å². The second-order valence-corrected chi connectivity index (χ2v) is 4.82. The van der Waals surface area contributed by atoms with Crippen molar-refractivity contribution in [1.29, 1.82) is 0 Å². The Morgan fingerprint density at radius 3 is 2.53 bits per heavy atom. The van der Waals surface area contributed by atoms with E-state index in [9.17, 15) is 0 Å². The van der Waals surface area contributed by atoms with Gasteiger partial charge in [0.15, 0.2) is 0 Å². The van der Waals surface area contributed by atoms with Crippen LogP contribution in [0.4, 0.5) is 5.69 Å². The summed E-state index contributed by atoms with van der Waals surface area (Å²) in [4.78, 5) is 4.20. The predicted octanol–water partition coefficient (Wildman–Crippen LogP) is 3.88. The molecular formula is C16H20N2O. The van der Waals surface area contributed by atoms with Gasteiger partial charge in [-0.3, -0.25) is 0 Å². The molecule has 1 aromatic heterocycles. The van der Waals surface area contributed by atoms with Crippen LogP contribution < -0.4 is 10.1 Å². The summed E-state index contributed by atoms with van der Waals surface area (Å²) < 4.78 is 5.05. The molecule has 1 N–H and O–H groups in total. The SMILES string of the molecule is COc1ccc(NC(C)c2ccc(C)cc2C)cn1. The monoisotopic (exact) mass is 256 g/mol. The van der Waals surface area contributed by atoms with Crippen LogP contribution in [0.15, 0.2) is 36.5 Å². The molecule has 0 radical (unpaired) electrons. The average molecular weight is 256 g/mol. The highest BCUT2D eigenvalue weighted by Crippen LogP contribution is 2.23. The van der Waals surface area contributed by atoms with Crippen molar-refractivity contribution in [3.63, 3.8) is 0 Å². The maximum Gasteiger partial charge on any atom is 0.213 e. The molecule has 0 amide bonds. The summed E-state index contributed by atoms with van der Waals surface area (Å²) in [5, 5.41) is 3.45. The molecule has 0 aliphatic carbocycles. The van der Waals surface area contributed by atoms with Crippen LogP contribution in [0.5, 0.6) is 5.88 Å². The first-order valence-corrected chi connectivity index (χ1v) is 6.44. The van der Waals surface area contributed by atoms with Gasteiger partial charge in [-0.1, -0.05) is 23.8 Å². The lowest BCUT2D eigenvalue weighted by atomic mass is 10.0. The van der Waals surface area contributed by atoms with Crippen LogP contribution in [-0.4, -0.2) is 12.1 Å². The number of nitrogens with zero attached hydrogens (tertiary/aromatic N) is 1. The number of aryl methyl sites for hydroxylation is 2. The highest BCUT2D eigenvalue weighted by atomic mass is 16.5. The van der Waals surface area contributed by atoms with E-state index in [-0.39, 0.29) is 6.04 Å². The molecule has 0 saturated carbocycles. The van der Waals surface area contributed by atoms with Crippen molar-refractivity contribution >= 4 is 5.69 Å². The normalized spacial score (nSPS) is 12.0. The van der Waals surface area contributed by atoms with Crippen LogP contribution >= 0.6 is 0 Å². The number of aromatic nitrogens is 1. The number of hydrogen-bond donors (Lipinski definition) is 1. The maximum atomic E-state index is 5.05. The minimum Gasteiger partial charge on any atom is -0.481 e. The molecule has 3 nitrogen and oxygen atoms in total. The van der Waals surface area contributed by atoms with E-state index < -0.39 is 0 Å². The van der Waals surface area contributed by atoms with Crippen LogP contribution in [0.3, 0.4) is 0 Å². The Kier molecular flexibility index (Phi) is 4.05. The second-order valence-electron chi connectivity index (χ2n) is 4.82. The van der Waals surface area contributed by atoms with Gasteiger partial charge in [0.25, 0.3) is 0 Å². The second kappa shape index (κ2) is 5.74. The van der Waals surface area contributed by atoms with Gasteiger partial charge in [-0.15, -0.1) is 0 Å². The number of nitrogens with one attached hydrogen (secondary N) is 1. The zero-order valence-corrected chi connectivity index (χ0v) is 11.9. The average Bonchev–Trinajstić information content (AvgIpc) is 2.39. The van der Waals surface area contributed by atoms with E-state index in [1.54, 1.807) is 13.3 Å². The van der Waals surface area contributed by atoms with Gasteiger partial charge in [-0.25, -0.2) is 4.98 Å². The van der Waals surface area contributed by atoms with Crippen LogP contribution in [0.25, 0.3) is 0 Å². The van der Waals surface area contributed by atoms with E-state index in [2.05, 4.69) is 49.3 Å². The van der Waals surface area contributed by atoms with Crippen molar-refractivity contribution < 1.29 is 4.74 Å². The van der Waals surface area contributed by atoms with Crippen molar-refractivity contribution in [3.05, 3.63) is 53.2 Å². The minimum atomic E-state index is 0.246. The molecule has 100 valence electrons. The Balaban J connectivity index is 2.13. The third kappa shape index (κ3) is 3.25. The Bertz CT molecular complexity index is 549. The number of hydrogen-bond acceptors (Lipinski definition) is 3. The van der Waals surface area contributed by atoms with Gasteiger partial charge < -0.3 is 10.1 Å². The summed E-state index contributed by atoms with van der Waals surface area (Å²) >= 11 is 0. The van der Waals surface area contributed by atoms with Crippen molar-refractivity contribution in [2.45, 2.75) is 26.8 Å². The van der Waals surface area contributed by atoms with Crippen molar-refractivity contribution in [1.82, 2.24) is 4.98 Å². The molecule has 1 aromatic carbocycles. The topological polar surface area (TPSA) is 34.1 Å². The number of ether oxygens (including phenoxy) is 1. The first-order valence-electron chi connectivity index (χ1n) is 6.44. The Hall–Kier alpha value is -2.03. The van der Waals surface area contributed by atoms with Gasteiger partial charge in [-0.05, 0) is 38.0 Å². The maximum absolute atomic E-state index is 5.05. The molecule has 2 aromatic rings. The molecule has 0 fully saturated rings. The van der Waals surface area contributed by atoms with E-state index in [1.165, 1.54) is 16.7 Å². The first kappa shape index (κ1) is 13.4. The highest BCUT2D eigenvalue weighted by Gasteiger charge is 2.08. The van der Waals surface area contributed by atoms with Crippen LogP contribution in [-0.2, 0) is 0 Å². The Morgan fingerprint density at radius 1 is 1.16 bits per heavy atom. The molecule has 1 heterocycles. The third-order valence-corrected chi connectivity index (χ3v) is 3.22. The fourth-order valence-electron chi connectivity index (χ4n) is 2.23. The lowest BCUT2D eigenvalue weighted by Gasteiger charge is -2.18. The zero-order valence-electron chi connectivity index (χ0n) is 11.9. The summed E-state index contributed by atoms with van der Waals surface area (Å²) in [6.07, 6.45) is 1.79. The van der Waals surface area contributed by atoms with Gasteiger partial charge >= 0.3 is 0 Å². The minimum absolute atomic E-state index is 0.246. The molecule has 0 spiro atoms. The zero-order chi connectivity index (χ0) is 13.8. The molecule has 3 heteroatoms. The van der Waals surface area contributed by atoms with Gasteiger partial charge in [0.05, 0.1) is 19.0 Å². The van der Waals surface area contributed by atoms with Gasteiger partial charge in [0.2, 0.25) is 5.88 Å². The summed E-state index contributed by atoms with van der Waals surface area (Å²) in [7, 11) is 1.62. The van der Waals surface area contributed by atoms with Crippen molar-refractivity contribution in [2.75, 3.05) is 12.4 Å². The van der Waals surface area contributed by atoms with Gasteiger partial charge in [0.1, 0.15) is 0 Å². The summed E-state index contributed by atoms with van der Waals surface area (Å²) in [5.74, 6) is 0.629. The summed E-state index contributed by atoms with van der Waals surface area (Å²) in [5.41, 5.74) is 4.90. The highest BCUT2D eigenvalue weighted by molar-refractivity contribution is 5.46. The lowest BCUT2D eigenvalue weighted by molar-refractivity contribution is 0.398. The van der Waals surface area contributed by atoms with Gasteiger partial charge in [-0.2, -0.15) is 0 Å². The van der Waals surface area contributed by atoms with Crippen molar-refractivity contribution in [2.24, 2.45) is 0 Å². The van der Waals surface area contributed by atoms with E-state index >= 15 is 0 Å². The number of methoxy groups -OCH3 is 1. The standard InChI is InChI=1S/C16H20N2O/c1-11-5-7-15(12(2)9-11)13(3)18-14-6-8-16(19-4)17-10-14/h5-10,13,18H,1-4H3. The van der Waals surface area contributed by atoms with Crippen LogP contribution in [0, 0.1) is 13.8 Å².